The van der Waals surface area contributed by atoms with E-state index in [1.165, 1.54) is 12.1 Å². The van der Waals surface area contributed by atoms with Gasteiger partial charge >= 0.3 is 0 Å². The molecule has 0 aromatic heterocycles. The number of carbonyl (C=O) groups is 1. The first kappa shape index (κ1) is 10.1. The van der Waals surface area contributed by atoms with Crippen LogP contribution < -0.4 is 10.0 Å². The molecule has 0 atom stereocenters. The Labute approximate surface area is 85.1 Å². The maximum absolute atomic E-state index is 10.5. The molecule has 0 saturated heterocycles. The Balaban J connectivity index is 3.13. The summed E-state index contributed by atoms with van der Waals surface area (Å²) in [5.74, 6) is -1.16. The smallest absolute Gasteiger partial charge is 0.0715 e. The van der Waals surface area contributed by atoms with Gasteiger partial charge in [-0.15, -0.1) is 0 Å². The van der Waals surface area contributed by atoms with Crippen molar-refractivity contribution >= 4 is 27.6 Å². The van der Waals surface area contributed by atoms with Crippen LogP contribution in [0.3, 0.4) is 0 Å². The first-order valence-electron chi connectivity index (χ1n) is 3.70. The van der Waals surface area contributed by atoms with Crippen molar-refractivity contribution in [2.75, 3.05) is 19.0 Å². The van der Waals surface area contributed by atoms with E-state index in [4.69, 9.17) is 0 Å². The fourth-order valence-corrected chi connectivity index (χ4v) is 1.73. The van der Waals surface area contributed by atoms with Gasteiger partial charge in [0, 0.05) is 18.6 Å². The van der Waals surface area contributed by atoms with E-state index >= 15 is 0 Å². The minimum Gasteiger partial charge on any atom is -0.545 e. The van der Waals surface area contributed by atoms with Crippen LogP contribution in [-0.4, -0.2) is 20.1 Å². The number of carboxylic acids is 1. The Morgan fingerprint density at radius 3 is 2.46 bits per heavy atom. The van der Waals surface area contributed by atoms with Gasteiger partial charge in [-0.05, 0) is 33.6 Å². The Hall–Kier alpha value is -1.03. The Morgan fingerprint density at radius 1 is 1.46 bits per heavy atom. The number of nitrogens with zero attached hydrogens (tertiary/aromatic N) is 1. The zero-order valence-electron chi connectivity index (χ0n) is 7.37. The highest BCUT2D eigenvalue weighted by atomic mass is 79.9. The standard InChI is InChI=1S/C9H10BrNO2/c1-11(2)8-4-3-6(9(12)13)5-7(8)10/h3-5H,1-2H3,(H,12,13)/p-1. The van der Waals surface area contributed by atoms with Gasteiger partial charge in [-0.3, -0.25) is 0 Å². The number of benzene rings is 1. The minimum absolute atomic E-state index is 0.178. The third-order valence-corrected chi connectivity index (χ3v) is 2.30. The van der Waals surface area contributed by atoms with Crippen molar-refractivity contribution in [1.29, 1.82) is 0 Å². The number of halogens is 1. The Kier molecular flexibility index (Phi) is 2.93. The van der Waals surface area contributed by atoms with Gasteiger partial charge in [0.05, 0.1) is 11.7 Å². The van der Waals surface area contributed by atoms with Crippen molar-refractivity contribution < 1.29 is 9.90 Å². The van der Waals surface area contributed by atoms with Crippen LogP contribution in [0.1, 0.15) is 10.4 Å². The molecule has 0 bridgehead atoms. The highest BCUT2D eigenvalue weighted by Crippen LogP contribution is 2.25. The molecule has 4 heteroatoms. The van der Waals surface area contributed by atoms with E-state index in [1.807, 2.05) is 19.0 Å². The number of rotatable bonds is 2. The van der Waals surface area contributed by atoms with Crippen molar-refractivity contribution in [2.24, 2.45) is 0 Å². The van der Waals surface area contributed by atoms with Gasteiger partial charge < -0.3 is 14.8 Å². The summed E-state index contributed by atoms with van der Waals surface area (Å²) in [5.41, 5.74) is 1.11. The monoisotopic (exact) mass is 242 g/mol. The molecule has 1 rings (SSSR count). The van der Waals surface area contributed by atoms with E-state index in [-0.39, 0.29) is 5.56 Å². The first-order chi connectivity index (χ1) is 6.02. The molecule has 0 aliphatic rings. The summed E-state index contributed by atoms with van der Waals surface area (Å²) < 4.78 is 0.749. The zero-order chi connectivity index (χ0) is 10.0. The molecule has 0 saturated carbocycles. The molecular weight excluding hydrogens is 234 g/mol. The number of aromatic carboxylic acids is 1. The number of carboxylic acid groups (broad SMARTS) is 1. The SMILES string of the molecule is CN(C)c1ccc(C(=O)[O-])cc1Br. The number of anilines is 1. The first-order valence-corrected chi connectivity index (χ1v) is 4.50. The van der Waals surface area contributed by atoms with Gasteiger partial charge in [-0.1, -0.05) is 6.07 Å². The Morgan fingerprint density at radius 2 is 2.08 bits per heavy atom. The molecule has 0 aliphatic heterocycles. The van der Waals surface area contributed by atoms with Crippen molar-refractivity contribution in [1.82, 2.24) is 0 Å². The summed E-state index contributed by atoms with van der Waals surface area (Å²) >= 11 is 3.28. The summed E-state index contributed by atoms with van der Waals surface area (Å²) in [7, 11) is 3.78. The fraction of sp³-hybridized carbons (Fsp3) is 0.222. The second kappa shape index (κ2) is 3.79. The summed E-state index contributed by atoms with van der Waals surface area (Å²) in [4.78, 5) is 12.4. The fourth-order valence-electron chi connectivity index (χ4n) is 0.997. The van der Waals surface area contributed by atoms with Crippen LogP contribution >= 0.6 is 15.9 Å². The van der Waals surface area contributed by atoms with Crippen LogP contribution in [0.4, 0.5) is 5.69 Å². The quantitative estimate of drug-likeness (QED) is 0.774. The average Bonchev–Trinajstić information content (AvgIpc) is 2.03. The summed E-state index contributed by atoms with van der Waals surface area (Å²) in [5, 5.41) is 10.5. The molecule has 0 amide bonds. The van der Waals surface area contributed by atoms with Crippen molar-refractivity contribution in [2.45, 2.75) is 0 Å². The number of hydrogen-bond donors (Lipinski definition) is 0. The third kappa shape index (κ3) is 2.21. The third-order valence-electron chi connectivity index (χ3n) is 1.67. The van der Waals surface area contributed by atoms with E-state index in [0.29, 0.717) is 0 Å². The lowest BCUT2D eigenvalue weighted by atomic mass is 10.2. The van der Waals surface area contributed by atoms with E-state index in [1.54, 1.807) is 6.07 Å². The minimum atomic E-state index is -1.16. The second-order valence-corrected chi connectivity index (χ2v) is 3.70. The maximum atomic E-state index is 10.5. The van der Waals surface area contributed by atoms with Gasteiger partial charge in [0.2, 0.25) is 0 Å². The highest BCUT2D eigenvalue weighted by Gasteiger charge is 2.02. The normalized spacial score (nSPS) is 9.77. The van der Waals surface area contributed by atoms with Crippen LogP contribution in [0.15, 0.2) is 22.7 Å². The maximum Gasteiger partial charge on any atom is 0.0715 e. The van der Waals surface area contributed by atoms with Gasteiger partial charge in [0.15, 0.2) is 0 Å². The van der Waals surface area contributed by atoms with Crippen molar-refractivity contribution in [3.8, 4) is 0 Å². The zero-order valence-corrected chi connectivity index (χ0v) is 8.96. The molecule has 1 aromatic rings. The van der Waals surface area contributed by atoms with Crippen molar-refractivity contribution in [3.63, 3.8) is 0 Å². The van der Waals surface area contributed by atoms with Crippen LogP contribution in [0, 0.1) is 0 Å². The number of hydrogen-bond acceptors (Lipinski definition) is 3. The summed E-state index contributed by atoms with van der Waals surface area (Å²) in [6.45, 7) is 0. The van der Waals surface area contributed by atoms with Gasteiger partial charge in [0.1, 0.15) is 0 Å². The second-order valence-electron chi connectivity index (χ2n) is 2.85. The van der Waals surface area contributed by atoms with Gasteiger partial charge in [0.25, 0.3) is 0 Å². The molecule has 0 unspecified atom stereocenters. The van der Waals surface area contributed by atoms with E-state index < -0.39 is 5.97 Å². The van der Waals surface area contributed by atoms with Crippen molar-refractivity contribution in [3.05, 3.63) is 28.2 Å². The van der Waals surface area contributed by atoms with E-state index in [2.05, 4.69) is 15.9 Å². The van der Waals surface area contributed by atoms with Crippen LogP contribution in [0.2, 0.25) is 0 Å². The largest absolute Gasteiger partial charge is 0.545 e. The molecule has 0 radical (unpaired) electrons. The van der Waals surface area contributed by atoms with E-state index in [9.17, 15) is 9.90 Å². The molecule has 3 nitrogen and oxygen atoms in total. The highest BCUT2D eigenvalue weighted by molar-refractivity contribution is 9.10. The molecule has 1 aromatic carbocycles. The molecule has 0 aliphatic carbocycles. The van der Waals surface area contributed by atoms with Gasteiger partial charge in [-0.25, -0.2) is 0 Å². The van der Waals surface area contributed by atoms with E-state index in [0.717, 1.165) is 10.2 Å². The average molecular weight is 243 g/mol. The molecule has 13 heavy (non-hydrogen) atoms. The Bertz CT molecular complexity index is 336. The lowest BCUT2D eigenvalue weighted by Crippen LogP contribution is -2.22. The molecule has 0 fully saturated rings. The summed E-state index contributed by atoms with van der Waals surface area (Å²) in [6.07, 6.45) is 0. The molecule has 0 heterocycles. The molecule has 0 spiro atoms. The number of carbonyl (C=O) groups excluding carboxylic acids is 1. The lowest BCUT2D eigenvalue weighted by molar-refractivity contribution is -0.255. The van der Waals surface area contributed by atoms with Gasteiger partial charge in [-0.2, -0.15) is 0 Å². The van der Waals surface area contributed by atoms with Crippen LogP contribution in [0.5, 0.6) is 0 Å². The molecule has 70 valence electrons. The van der Waals surface area contributed by atoms with Crippen LogP contribution in [0.25, 0.3) is 0 Å². The topological polar surface area (TPSA) is 43.4 Å². The summed E-state index contributed by atoms with van der Waals surface area (Å²) in [6, 6.07) is 4.79. The van der Waals surface area contributed by atoms with Crippen LogP contribution in [-0.2, 0) is 0 Å². The molecule has 0 N–H and O–H groups in total. The molecular formula is C9H9BrNO2-. The lowest BCUT2D eigenvalue weighted by Gasteiger charge is -2.15. The predicted octanol–water partition coefficient (Wildman–Crippen LogP) is 0.879. The predicted molar refractivity (Wildman–Crippen MR) is 52.8 cm³/mol.